The number of para-hydroxylation sites is 2. The van der Waals surface area contributed by atoms with E-state index in [-0.39, 0.29) is 0 Å². The van der Waals surface area contributed by atoms with Crippen molar-refractivity contribution in [2.24, 2.45) is 0 Å². The zero-order valence-corrected chi connectivity index (χ0v) is 17.7. The molecule has 153 valence electrons. The molecule has 0 unspecified atom stereocenters. The summed E-state index contributed by atoms with van der Waals surface area (Å²) in [7, 11) is 0. The van der Waals surface area contributed by atoms with Gasteiger partial charge in [-0.1, -0.05) is 102 Å². The second-order valence-electron chi connectivity index (χ2n) is 7.65. The maximum atomic E-state index is 6.03. The molecule has 0 spiro atoms. The summed E-state index contributed by atoms with van der Waals surface area (Å²) < 4.78 is 6.03. The Morgan fingerprint density at radius 2 is 1.29 bits per heavy atom. The normalized spacial score (nSPS) is 10.8. The van der Waals surface area contributed by atoms with E-state index >= 15 is 0 Å². The number of nitrogens with one attached hydrogen (secondary N) is 1. The minimum atomic E-state index is 0.790. The number of unbranched alkanes of at least 4 members (excludes halogenated alkanes) is 11. The van der Waals surface area contributed by atoms with Gasteiger partial charge in [-0.25, -0.2) is 0 Å². The van der Waals surface area contributed by atoms with Crippen LogP contribution in [0.25, 0.3) is 0 Å². The number of rotatable bonds is 16. The molecule has 0 aliphatic heterocycles. The molecule has 2 aromatic carbocycles. The minimum Gasteiger partial charge on any atom is -0.491 e. The largest absolute Gasteiger partial charge is 0.491 e. The van der Waals surface area contributed by atoms with Gasteiger partial charge in [-0.2, -0.15) is 0 Å². The van der Waals surface area contributed by atoms with Crippen LogP contribution in [0.5, 0.6) is 5.75 Å². The van der Waals surface area contributed by atoms with E-state index in [1.54, 1.807) is 0 Å². The molecular weight excluding hydrogens is 342 g/mol. The van der Waals surface area contributed by atoms with Crippen molar-refractivity contribution in [3.63, 3.8) is 0 Å². The average molecular weight is 381 g/mol. The Hall–Kier alpha value is -1.96. The first-order valence-electron chi connectivity index (χ1n) is 11.3. The van der Waals surface area contributed by atoms with Gasteiger partial charge in [0.25, 0.3) is 0 Å². The highest BCUT2D eigenvalue weighted by atomic mass is 16.5. The molecule has 1 N–H and O–H groups in total. The third-order valence-electron chi connectivity index (χ3n) is 5.14. The van der Waals surface area contributed by atoms with Crippen molar-refractivity contribution in [3.05, 3.63) is 54.6 Å². The molecule has 1 radical (unpaired) electrons. The molecule has 0 aliphatic rings. The van der Waals surface area contributed by atoms with Crippen molar-refractivity contribution in [2.75, 3.05) is 11.9 Å². The Morgan fingerprint density at radius 3 is 1.93 bits per heavy atom. The fraction of sp³-hybridized carbons (Fsp3) is 0.538. The van der Waals surface area contributed by atoms with Crippen LogP contribution < -0.4 is 10.1 Å². The van der Waals surface area contributed by atoms with Crippen molar-refractivity contribution in [1.29, 1.82) is 0 Å². The van der Waals surface area contributed by atoms with Crippen LogP contribution in [-0.4, -0.2) is 6.61 Å². The fourth-order valence-corrected chi connectivity index (χ4v) is 3.45. The highest BCUT2D eigenvalue weighted by molar-refractivity contribution is 5.65. The number of hydrogen-bond donors (Lipinski definition) is 1. The second kappa shape index (κ2) is 15.0. The summed E-state index contributed by atoms with van der Waals surface area (Å²) in [6.07, 6.45) is 16.4. The monoisotopic (exact) mass is 380 g/mol. The van der Waals surface area contributed by atoms with Gasteiger partial charge in [0.05, 0.1) is 12.3 Å². The fourth-order valence-electron chi connectivity index (χ4n) is 3.45. The molecule has 2 rings (SSSR count). The van der Waals surface area contributed by atoms with Crippen molar-refractivity contribution in [2.45, 2.75) is 84.0 Å². The minimum absolute atomic E-state index is 0.790. The lowest BCUT2D eigenvalue weighted by Crippen LogP contribution is -2.00. The molecule has 0 heterocycles. The topological polar surface area (TPSA) is 21.3 Å². The predicted octanol–water partition coefficient (Wildman–Crippen LogP) is 8.31. The van der Waals surface area contributed by atoms with Crippen LogP contribution in [0.1, 0.15) is 84.0 Å². The van der Waals surface area contributed by atoms with Crippen LogP contribution >= 0.6 is 0 Å². The molecule has 2 nitrogen and oxygen atoms in total. The highest BCUT2D eigenvalue weighted by Crippen LogP contribution is 2.27. The molecule has 0 amide bonds. The van der Waals surface area contributed by atoms with E-state index in [9.17, 15) is 0 Å². The maximum absolute atomic E-state index is 6.03. The van der Waals surface area contributed by atoms with Gasteiger partial charge in [0.1, 0.15) is 5.75 Å². The van der Waals surface area contributed by atoms with Gasteiger partial charge in [-0.05, 0) is 36.8 Å². The van der Waals surface area contributed by atoms with Crippen molar-refractivity contribution >= 4 is 11.4 Å². The third-order valence-corrected chi connectivity index (χ3v) is 5.14. The van der Waals surface area contributed by atoms with Crippen LogP contribution in [0.4, 0.5) is 11.4 Å². The molecule has 0 atom stereocenters. The van der Waals surface area contributed by atoms with E-state index in [4.69, 9.17) is 4.74 Å². The van der Waals surface area contributed by atoms with Crippen LogP contribution in [0.2, 0.25) is 0 Å². The van der Waals surface area contributed by atoms with Crippen LogP contribution in [0.15, 0.2) is 48.5 Å². The van der Waals surface area contributed by atoms with E-state index in [0.29, 0.717) is 0 Å². The van der Waals surface area contributed by atoms with Crippen LogP contribution in [0.3, 0.4) is 0 Å². The first-order chi connectivity index (χ1) is 13.9. The number of benzene rings is 2. The van der Waals surface area contributed by atoms with E-state index in [1.165, 1.54) is 70.6 Å². The smallest absolute Gasteiger partial charge is 0.142 e. The molecule has 0 aromatic heterocycles. The van der Waals surface area contributed by atoms with Gasteiger partial charge in [0, 0.05) is 5.69 Å². The molecule has 0 saturated heterocycles. The molecule has 0 aliphatic carbocycles. The molecular formula is C26H38NO. The lowest BCUT2D eigenvalue weighted by Gasteiger charge is -2.13. The molecule has 0 fully saturated rings. The zero-order chi connectivity index (χ0) is 19.7. The van der Waals surface area contributed by atoms with E-state index in [2.05, 4.69) is 24.4 Å². The zero-order valence-electron chi connectivity index (χ0n) is 17.7. The number of hydrogen-bond acceptors (Lipinski definition) is 2. The Labute approximate surface area is 172 Å². The SMILES string of the molecule is CCCCCCCCCCCCCCOc1ccccc1Nc1cc[c]cc1. The summed E-state index contributed by atoms with van der Waals surface area (Å²) in [6, 6.07) is 19.1. The summed E-state index contributed by atoms with van der Waals surface area (Å²) in [5.74, 6) is 0.929. The van der Waals surface area contributed by atoms with E-state index in [0.717, 1.165) is 30.2 Å². The maximum Gasteiger partial charge on any atom is 0.142 e. The highest BCUT2D eigenvalue weighted by Gasteiger charge is 2.03. The average Bonchev–Trinajstić information content (AvgIpc) is 2.73. The van der Waals surface area contributed by atoms with Gasteiger partial charge in [-0.3, -0.25) is 0 Å². The van der Waals surface area contributed by atoms with Gasteiger partial charge in [0.2, 0.25) is 0 Å². The molecule has 28 heavy (non-hydrogen) atoms. The number of ether oxygens (including phenoxy) is 1. The second-order valence-corrected chi connectivity index (χ2v) is 7.65. The lowest BCUT2D eigenvalue weighted by atomic mass is 10.1. The third kappa shape index (κ3) is 9.82. The molecule has 2 aromatic rings. The summed E-state index contributed by atoms with van der Waals surface area (Å²) in [5.41, 5.74) is 2.08. The van der Waals surface area contributed by atoms with Crippen molar-refractivity contribution in [3.8, 4) is 5.75 Å². The Balaban J connectivity index is 1.51. The predicted molar refractivity (Wildman–Crippen MR) is 122 cm³/mol. The first kappa shape index (κ1) is 22.3. The van der Waals surface area contributed by atoms with Gasteiger partial charge >= 0.3 is 0 Å². The van der Waals surface area contributed by atoms with Crippen LogP contribution in [0, 0.1) is 6.07 Å². The summed E-state index contributed by atoms with van der Waals surface area (Å²) in [6.45, 7) is 3.07. The van der Waals surface area contributed by atoms with Crippen molar-refractivity contribution in [1.82, 2.24) is 0 Å². The van der Waals surface area contributed by atoms with Gasteiger partial charge in [0.15, 0.2) is 0 Å². The Bertz CT molecular complexity index is 611. The van der Waals surface area contributed by atoms with Gasteiger partial charge in [-0.15, -0.1) is 0 Å². The molecule has 2 heteroatoms. The molecule has 0 bridgehead atoms. The van der Waals surface area contributed by atoms with Crippen LogP contribution in [-0.2, 0) is 0 Å². The standard InChI is InChI=1S/C26H38NO/c1-2-3-4-5-6-7-8-9-10-11-12-18-23-28-26-22-17-16-21-25(26)27-24-19-14-13-15-20-24/h14-17,19-22,27H,2-12,18,23H2,1H3. The van der Waals surface area contributed by atoms with Gasteiger partial charge < -0.3 is 10.1 Å². The Morgan fingerprint density at radius 1 is 0.714 bits per heavy atom. The Kier molecular flexibility index (Phi) is 12.0. The van der Waals surface area contributed by atoms with E-state index in [1.807, 2.05) is 42.5 Å². The first-order valence-corrected chi connectivity index (χ1v) is 11.3. The van der Waals surface area contributed by atoms with E-state index < -0.39 is 0 Å². The lowest BCUT2D eigenvalue weighted by molar-refractivity contribution is 0.305. The quantitative estimate of drug-likeness (QED) is 0.296. The summed E-state index contributed by atoms with van der Waals surface area (Å²) in [5, 5.41) is 3.42. The number of anilines is 2. The summed E-state index contributed by atoms with van der Waals surface area (Å²) in [4.78, 5) is 0. The summed E-state index contributed by atoms with van der Waals surface area (Å²) >= 11 is 0. The van der Waals surface area contributed by atoms with Crippen molar-refractivity contribution < 1.29 is 4.74 Å². The molecule has 0 saturated carbocycles.